The minimum Gasteiger partial charge on any atom is -0.359 e. The van der Waals surface area contributed by atoms with Crippen molar-refractivity contribution in [1.82, 2.24) is 14.5 Å². The molecule has 1 fully saturated rings. The monoisotopic (exact) mass is 367 g/mol. The van der Waals surface area contributed by atoms with Crippen LogP contribution in [0.1, 0.15) is 18.1 Å². The van der Waals surface area contributed by atoms with Gasteiger partial charge >= 0.3 is 0 Å². The molecule has 24 heavy (non-hydrogen) atoms. The molecular formula is C17H25N3O2S2. The second-order valence-corrected chi connectivity index (χ2v) is 8.57. The zero-order valence-corrected chi connectivity index (χ0v) is 16.1. The van der Waals surface area contributed by atoms with Crippen molar-refractivity contribution >= 4 is 27.4 Å². The number of benzene rings is 1. The van der Waals surface area contributed by atoms with E-state index in [1.165, 1.54) is 0 Å². The van der Waals surface area contributed by atoms with E-state index in [1.54, 1.807) is 10.4 Å². The topological polar surface area (TPSA) is 52.6 Å². The van der Waals surface area contributed by atoms with Crippen molar-refractivity contribution in [3.8, 4) is 0 Å². The van der Waals surface area contributed by atoms with Crippen LogP contribution in [0.2, 0.25) is 0 Å². The molecule has 0 amide bonds. The molecule has 0 spiro atoms. The molecular weight excluding hydrogens is 342 g/mol. The number of hydrogen-bond donors (Lipinski definition) is 1. The maximum atomic E-state index is 12.9. The summed E-state index contributed by atoms with van der Waals surface area (Å²) in [6.45, 7) is 12.2. The van der Waals surface area contributed by atoms with Crippen molar-refractivity contribution in [2.75, 3.05) is 32.7 Å². The highest BCUT2D eigenvalue weighted by Gasteiger charge is 2.30. The van der Waals surface area contributed by atoms with Gasteiger partial charge in [-0.2, -0.15) is 4.31 Å². The van der Waals surface area contributed by atoms with E-state index in [-0.39, 0.29) is 0 Å². The first-order chi connectivity index (χ1) is 11.2. The third kappa shape index (κ3) is 4.34. The molecule has 1 N–H and O–H groups in total. The number of aryl methyl sites for hydroxylation is 2. The summed E-state index contributed by atoms with van der Waals surface area (Å²) in [5, 5.41) is 3.80. The van der Waals surface area contributed by atoms with Gasteiger partial charge in [-0.05, 0) is 50.2 Å². The Balaban J connectivity index is 2.04. The molecule has 1 aliphatic heterocycles. The van der Waals surface area contributed by atoms with Gasteiger partial charge in [0.25, 0.3) is 0 Å². The first-order valence-corrected chi connectivity index (χ1v) is 9.81. The van der Waals surface area contributed by atoms with Gasteiger partial charge in [0.1, 0.15) is 0 Å². The van der Waals surface area contributed by atoms with Crippen molar-refractivity contribution in [3.05, 3.63) is 41.5 Å². The molecule has 132 valence electrons. The summed E-state index contributed by atoms with van der Waals surface area (Å²) < 4.78 is 27.3. The van der Waals surface area contributed by atoms with Gasteiger partial charge in [0, 0.05) is 32.7 Å². The smallest absolute Gasteiger partial charge is 0.243 e. The van der Waals surface area contributed by atoms with Crippen molar-refractivity contribution in [3.63, 3.8) is 0 Å². The van der Waals surface area contributed by atoms with E-state index in [0.717, 1.165) is 16.7 Å². The third-order valence-corrected chi connectivity index (χ3v) is 6.47. The van der Waals surface area contributed by atoms with Crippen LogP contribution in [-0.2, 0) is 10.0 Å². The summed E-state index contributed by atoms with van der Waals surface area (Å²) in [4.78, 5) is 2.41. The lowest BCUT2D eigenvalue weighted by Gasteiger charge is -2.35. The largest absolute Gasteiger partial charge is 0.359 e. The number of hydrogen-bond acceptors (Lipinski definition) is 3. The van der Waals surface area contributed by atoms with Crippen LogP contribution in [0.3, 0.4) is 0 Å². The summed E-state index contributed by atoms with van der Waals surface area (Å²) in [6, 6.07) is 5.53. The highest BCUT2D eigenvalue weighted by atomic mass is 32.2. The number of nitrogens with zero attached hydrogens (tertiary/aromatic N) is 2. The Hall–Kier alpha value is -1.44. The lowest BCUT2D eigenvalue weighted by Crippen LogP contribution is -2.53. The average Bonchev–Trinajstić information content (AvgIpc) is 2.54. The highest BCUT2D eigenvalue weighted by Crippen LogP contribution is 2.22. The highest BCUT2D eigenvalue weighted by molar-refractivity contribution is 7.89. The van der Waals surface area contributed by atoms with Crippen molar-refractivity contribution in [2.45, 2.75) is 25.7 Å². The fourth-order valence-corrected chi connectivity index (χ4v) is 4.58. The fraction of sp³-hybridized carbons (Fsp3) is 0.471. The van der Waals surface area contributed by atoms with Crippen LogP contribution in [0, 0.1) is 13.8 Å². The SMILES string of the molecule is C=C(C)CNC(=S)N1CCN(S(=O)(=O)c2cc(C)ccc2C)CC1. The molecule has 5 nitrogen and oxygen atoms in total. The molecule has 1 heterocycles. The molecule has 0 radical (unpaired) electrons. The third-order valence-electron chi connectivity index (χ3n) is 4.03. The van der Waals surface area contributed by atoms with Crippen LogP contribution >= 0.6 is 12.2 Å². The lowest BCUT2D eigenvalue weighted by atomic mass is 10.2. The van der Waals surface area contributed by atoms with E-state index in [2.05, 4.69) is 11.9 Å². The van der Waals surface area contributed by atoms with Crippen molar-refractivity contribution < 1.29 is 8.42 Å². The number of piperazine rings is 1. The fourth-order valence-electron chi connectivity index (χ4n) is 2.59. The molecule has 1 aromatic carbocycles. The van der Waals surface area contributed by atoms with Gasteiger partial charge in [-0.25, -0.2) is 8.42 Å². The van der Waals surface area contributed by atoms with E-state index >= 15 is 0 Å². The minimum absolute atomic E-state index is 0.402. The molecule has 1 aromatic rings. The predicted molar refractivity (Wildman–Crippen MR) is 102 cm³/mol. The maximum Gasteiger partial charge on any atom is 0.243 e. The number of sulfonamides is 1. The molecule has 1 aliphatic rings. The predicted octanol–water partition coefficient (Wildman–Crippen LogP) is 2.06. The summed E-state index contributed by atoms with van der Waals surface area (Å²) in [7, 11) is -3.46. The van der Waals surface area contributed by atoms with Gasteiger partial charge in [0.05, 0.1) is 4.90 Å². The van der Waals surface area contributed by atoms with Gasteiger partial charge in [0.15, 0.2) is 5.11 Å². The Labute approximate surface area is 150 Å². The van der Waals surface area contributed by atoms with Crippen LogP contribution in [0.5, 0.6) is 0 Å². The second kappa shape index (κ2) is 7.63. The number of rotatable bonds is 4. The Morgan fingerprint density at radius 1 is 1.25 bits per heavy atom. The molecule has 0 atom stereocenters. The molecule has 0 unspecified atom stereocenters. The quantitative estimate of drug-likeness (QED) is 0.652. The van der Waals surface area contributed by atoms with Gasteiger partial charge in [-0.15, -0.1) is 0 Å². The number of nitrogens with one attached hydrogen (secondary N) is 1. The van der Waals surface area contributed by atoms with Gasteiger partial charge < -0.3 is 10.2 Å². The van der Waals surface area contributed by atoms with Crippen LogP contribution < -0.4 is 5.32 Å². The summed E-state index contributed by atoms with van der Waals surface area (Å²) in [6.07, 6.45) is 0. The van der Waals surface area contributed by atoms with E-state index in [9.17, 15) is 8.42 Å². The molecule has 1 saturated heterocycles. The molecule has 7 heteroatoms. The first kappa shape index (κ1) is 18.9. The summed E-state index contributed by atoms with van der Waals surface area (Å²) in [5.74, 6) is 0. The van der Waals surface area contributed by atoms with Crippen LogP contribution in [-0.4, -0.2) is 55.5 Å². The molecule has 0 aliphatic carbocycles. The van der Waals surface area contributed by atoms with Gasteiger partial charge in [-0.3, -0.25) is 0 Å². The Morgan fingerprint density at radius 3 is 2.46 bits per heavy atom. The van der Waals surface area contributed by atoms with Gasteiger partial charge in [-0.1, -0.05) is 24.3 Å². The zero-order chi connectivity index (χ0) is 17.9. The van der Waals surface area contributed by atoms with E-state index in [4.69, 9.17) is 12.2 Å². The Morgan fingerprint density at radius 2 is 1.88 bits per heavy atom. The number of thiocarbonyl (C=S) groups is 1. The van der Waals surface area contributed by atoms with Crippen LogP contribution in [0.25, 0.3) is 0 Å². The normalized spacial score (nSPS) is 16.0. The van der Waals surface area contributed by atoms with E-state index < -0.39 is 10.0 Å². The molecule has 0 aromatic heterocycles. The average molecular weight is 368 g/mol. The molecule has 0 bridgehead atoms. The van der Waals surface area contributed by atoms with Crippen LogP contribution in [0.4, 0.5) is 0 Å². The minimum atomic E-state index is -3.46. The Bertz CT molecular complexity index is 736. The van der Waals surface area contributed by atoms with Gasteiger partial charge in [0.2, 0.25) is 10.0 Å². The summed E-state index contributed by atoms with van der Waals surface area (Å²) in [5.41, 5.74) is 2.73. The van der Waals surface area contributed by atoms with Crippen molar-refractivity contribution in [1.29, 1.82) is 0 Å². The first-order valence-electron chi connectivity index (χ1n) is 7.96. The zero-order valence-electron chi connectivity index (χ0n) is 14.5. The standard InChI is InChI=1S/C17H25N3O2S2/c1-13(2)12-18-17(23)19-7-9-20(10-8-19)24(21,22)16-11-14(3)5-6-15(16)4/h5-6,11H,1,7-10,12H2,2-4H3,(H,18,23). The summed E-state index contributed by atoms with van der Waals surface area (Å²) >= 11 is 5.36. The van der Waals surface area contributed by atoms with Crippen molar-refractivity contribution in [2.24, 2.45) is 0 Å². The Kier molecular flexibility index (Phi) is 6.01. The van der Waals surface area contributed by atoms with E-state index in [1.807, 2.05) is 37.8 Å². The molecule has 0 saturated carbocycles. The second-order valence-electron chi connectivity index (χ2n) is 6.28. The van der Waals surface area contributed by atoms with E-state index in [0.29, 0.717) is 42.7 Å². The molecule has 2 rings (SSSR count). The van der Waals surface area contributed by atoms with Crippen LogP contribution in [0.15, 0.2) is 35.2 Å². The maximum absolute atomic E-state index is 12.9. The lowest BCUT2D eigenvalue weighted by molar-refractivity contribution is 0.264.